The number of para-hydroxylation sites is 1. The molecule has 0 bridgehead atoms. The van der Waals surface area contributed by atoms with Gasteiger partial charge in [-0.05, 0) is 45.7 Å². The zero-order valence-electron chi connectivity index (χ0n) is 10.3. The zero-order valence-corrected chi connectivity index (χ0v) is 10.3. The normalized spacial score (nSPS) is 12.3. The molecule has 0 saturated carbocycles. The van der Waals surface area contributed by atoms with Gasteiger partial charge in [0.1, 0.15) is 0 Å². The van der Waals surface area contributed by atoms with Crippen LogP contribution >= 0.6 is 0 Å². The Hall–Kier alpha value is -1.24. The van der Waals surface area contributed by atoms with Crippen LogP contribution in [0.1, 0.15) is 31.9 Å². The summed E-state index contributed by atoms with van der Waals surface area (Å²) in [4.78, 5) is 0. The molecule has 80 valence electrons. The van der Waals surface area contributed by atoms with Gasteiger partial charge in [0, 0.05) is 17.1 Å². The van der Waals surface area contributed by atoms with Crippen molar-refractivity contribution in [3.8, 4) is 0 Å². The molecule has 1 aromatic carbocycles. The van der Waals surface area contributed by atoms with Crippen LogP contribution in [0, 0.1) is 13.8 Å². The highest BCUT2D eigenvalue weighted by Gasteiger charge is 2.17. The standard InChI is InChI=1S/C14H19N/c1-10-7-6-8-12-11(2)9-15(13(10)12)14(3,4)5/h6-9H,1-5H3. The molecule has 0 aliphatic carbocycles. The van der Waals surface area contributed by atoms with E-state index < -0.39 is 0 Å². The third-order valence-corrected chi connectivity index (χ3v) is 2.95. The third-order valence-electron chi connectivity index (χ3n) is 2.95. The van der Waals surface area contributed by atoms with E-state index in [2.05, 4.69) is 63.6 Å². The second-order valence-corrected chi connectivity index (χ2v) is 5.32. The Labute approximate surface area is 91.7 Å². The fraction of sp³-hybridized carbons (Fsp3) is 0.429. The molecule has 1 aromatic heterocycles. The molecule has 0 unspecified atom stereocenters. The summed E-state index contributed by atoms with van der Waals surface area (Å²) < 4.78 is 2.38. The lowest BCUT2D eigenvalue weighted by Crippen LogP contribution is -2.20. The van der Waals surface area contributed by atoms with Crippen LogP contribution in [0.15, 0.2) is 24.4 Å². The summed E-state index contributed by atoms with van der Waals surface area (Å²) in [7, 11) is 0. The molecular formula is C14H19N. The van der Waals surface area contributed by atoms with E-state index in [4.69, 9.17) is 0 Å². The van der Waals surface area contributed by atoms with Crippen molar-refractivity contribution >= 4 is 10.9 Å². The van der Waals surface area contributed by atoms with Crippen LogP contribution in [0.5, 0.6) is 0 Å². The van der Waals surface area contributed by atoms with Crippen LogP contribution in [0.3, 0.4) is 0 Å². The number of aryl methyl sites for hydroxylation is 2. The van der Waals surface area contributed by atoms with Crippen molar-refractivity contribution in [3.63, 3.8) is 0 Å². The summed E-state index contributed by atoms with van der Waals surface area (Å²) >= 11 is 0. The van der Waals surface area contributed by atoms with E-state index in [1.807, 2.05) is 0 Å². The maximum absolute atomic E-state index is 2.38. The molecule has 0 atom stereocenters. The average molecular weight is 201 g/mol. The minimum atomic E-state index is 0.151. The van der Waals surface area contributed by atoms with Crippen LogP contribution in [-0.4, -0.2) is 4.57 Å². The van der Waals surface area contributed by atoms with E-state index in [1.54, 1.807) is 0 Å². The topological polar surface area (TPSA) is 4.93 Å². The summed E-state index contributed by atoms with van der Waals surface area (Å²) in [5.74, 6) is 0. The van der Waals surface area contributed by atoms with E-state index in [9.17, 15) is 0 Å². The van der Waals surface area contributed by atoms with Gasteiger partial charge in [-0.3, -0.25) is 0 Å². The monoisotopic (exact) mass is 201 g/mol. The van der Waals surface area contributed by atoms with Crippen molar-refractivity contribution in [2.75, 3.05) is 0 Å². The van der Waals surface area contributed by atoms with Gasteiger partial charge in [0.2, 0.25) is 0 Å². The van der Waals surface area contributed by atoms with Crippen molar-refractivity contribution in [3.05, 3.63) is 35.5 Å². The molecule has 0 aliphatic heterocycles. The molecule has 0 N–H and O–H groups in total. The van der Waals surface area contributed by atoms with Gasteiger partial charge in [-0.25, -0.2) is 0 Å². The summed E-state index contributed by atoms with van der Waals surface area (Å²) in [6.07, 6.45) is 2.26. The van der Waals surface area contributed by atoms with Crippen molar-refractivity contribution in [2.45, 2.75) is 40.2 Å². The summed E-state index contributed by atoms with van der Waals surface area (Å²) in [6.45, 7) is 11.1. The summed E-state index contributed by atoms with van der Waals surface area (Å²) in [6, 6.07) is 6.53. The third kappa shape index (κ3) is 1.56. The Kier molecular flexibility index (Phi) is 2.14. The molecule has 0 spiro atoms. The predicted molar refractivity (Wildman–Crippen MR) is 66.4 cm³/mol. The molecule has 0 radical (unpaired) electrons. The maximum atomic E-state index is 2.38. The van der Waals surface area contributed by atoms with E-state index in [0.29, 0.717) is 0 Å². The highest BCUT2D eigenvalue weighted by molar-refractivity contribution is 5.86. The fourth-order valence-corrected chi connectivity index (χ4v) is 2.15. The van der Waals surface area contributed by atoms with Gasteiger partial charge >= 0.3 is 0 Å². The number of nitrogens with zero attached hydrogens (tertiary/aromatic N) is 1. The summed E-state index contributed by atoms with van der Waals surface area (Å²) in [5.41, 5.74) is 4.25. The maximum Gasteiger partial charge on any atom is 0.0517 e. The Bertz CT molecular complexity index is 498. The summed E-state index contributed by atoms with van der Waals surface area (Å²) in [5, 5.41) is 1.38. The first-order chi connectivity index (χ1) is 6.91. The van der Waals surface area contributed by atoms with Gasteiger partial charge in [0.05, 0.1) is 5.52 Å². The molecule has 1 heterocycles. The van der Waals surface area contributed by atoms with E-state index in [-0.39, 0.29) is 5.54 Å². The van der Waals surface area contributed by atoms with E-state index in [0.717, 1.165) is 0 Å². The Balaban J connectivity index is 2.88. The molecular weight excluding hydrogens is 182 g/mol. The first-order valence-electron chi connectivity index (χ1n) is 5.49. The Morgan fingerprint density at radius 3 is 2.27 bits per heavy atom. The molecule has 0 aliphatic rings. The fourth-order valence-electron chi connectivity index (χ4n) is 2.15. The van der Waals surface area contributed by atoms with Gasteiger partial charge < -0.3 is 4.57 Å². The molecule has 0 saturated heterocycles. The second kappa shape index (κ2) is 3.13. The van der Waals surface area contributed by atoms with Crippen molar-refractivity contribution in [1.82, 2.24) is 4.57 Å². The van der Waals surface area contributed by atoms with Gasteiger partial charge in [-0.2, -0.15) is 0 Å². The van der Waals surface area contributed by atoms with Crippen LogP contribution in [0.2, 0.25) is 0 Å². The Morgan fingerprint density at radius 2 is 1.67 bits per heavy atom. The van der Waals surface area contributed by atoms with E-state index in [1.165, 1.54) is 22.0 Å². The van der Waals surface area contributed by atoms with E-state index >= 15 is 0 Å². The zero-order chi connectivity index (χ0) is 11.2. The van der Waals surface area contributed by atoms with Crippen molar-refractivity contribution < 1.29 is 0 Å². The minimum absolute atomic E-state index is 0.151. The average Bonchev–Trinajstić information content (AvgIpc) is 2.45. The quantitative estimate of drug-likeness (QED) is 0.607. The number of rotatable bonds is 0. The number of fused-ring (bicyclic) bond motifs is 1. The van der Waals surface area contributed by atoms with Crippen LogP contribution in [-0.2, 0) is 5.54 Å². The number of benzene rings is 1. The molecule has 1 nitrogen and oxygen atoms in total. The van der Waals surface area contributed by atoms with Crippen molar-refractivity contribution in [2.24, 2.45) is 0 Å². The first-order valence-corrected chi connectivity index (χ1v) is 5.49. The molecule has 15 heavy (non-hydrogen) atoms. The molecule has 2 aromatic rings. The largest absolute Gasteiger partial charge is 0.342 e. The SMILES string of the molecule is Cc1cn(C(C)(C)C)c2c(C)cccc12. The number of hydrogen-bond acceptors (Lipinski definition) is 0. The molecule has 0 amide bonds. The minimum Gasteiger partial charge on any atom is -0.342 e. The molecule has 1 heteroatoms. The van der Waals surface area contributed by atoms with Crippen LogP contribution < -0.4 is 0 Å². The predicted octanol–water partition coefficient (Wildman–Crippen LogP) is 4.01. The lowest BCUT2D eigenvalue weighted by Gasteiger charge is -2.23. The highest BCUT2D eigenvalue weighted by atomic mass is 15.0. The van der Waals surface area contributed by atoms with Gasteiger partial charge in [-0.15, -0.1) is 0 Å². The molecule has 0 fully saturated rings. The van der Waals surface area contributed by atoms with Gasteiger partial charge in [0.25, 0.3) is 0 Å². The second-order valence-electron chi connectivity index (χ2n) is 5.32. The smallest absolute Gasteiger partial charge is 0.0517 e. The lowest BCUT2D eigenvalue weighted by molar-refractivity contribution is 0.410. The number of aromatic nitrogens is 1. The van der Waals surface area contributed by atoms with Gasteiger partial charge in [-0.1, -0.05) is 18.2 Å². The van der Waals surface area contributed by atoms with Gasteiger partial charge in [0.15, 0.2) is 0 Å². The Morgan fingerprint density at radius 1 is 1.00 bits per heavy atom. The molecule has 2 rings (SSSR count). The first kappa shape index (κ1) is 10.3. The van der Waals surface area contributed by atoms with Crippen molar-refractivity contribution in [1.29, 1.82) is 0 Å². The van der Waals surface area contributed by atoms with Crippen LogP contribution in [0.4, 0.5) is 0 Å². The number of hydrogen-bond donors (Lipinski definition) is 0. The highest BCUT2D eigenvalue weighted by Crippen LogP contribution is 2.29. The van der Waals surface area contributed by atoms with Crippen LogP contribution in [0.25, 0.3) is 10.9 Å². The lowest BCUT2D eigenvalue weighted by atomic mass is 10.1.